The number of nitrogens with zero attached hydrogens (tertiary/aromatic N) is 1. The second-order valence-corrected chi connectivity index (χ2v) is 6.08. The average Bonchev–Trinajstić information content (AvgIpc) is 2.52. The van der Waals surface area contributed by atoms with Gasteiger partial charge >= 0.3 is 0 Å². The van der Waals surface area contributed by atoms with Gasteiger partial charge in [0, 0.05) is 20.1 Å². The van der Waals surface area contributed by atoms with Gasteiger partial charge in [-0.1, -0.05) is 18.2 Å². The number of benzene rings is 1. The number of carbonyl (C=O) groups is 1. The van der Waals surface area contributed by atoms with Gasteiger partial charge in [0.1, 0.15) is 5.75 Å². The van der Waals surface area contributed by atoms with Crippen LogP contribution in [0, 0.1) is 5.41 Å². The Balaban J connectivity index is 1.71. The van der Waals surface area contributed by atoms with Gasteiger partial charge in [-0.2, -0.15) is 0 Å². The molecule has 1 aliphatic heterocycles. The van der Waals surface area contributed by atoms with Crippen LogP contribution in [0.4, 0.5) is 0 Å². The summed E-state index contributed by atoms with van der Waals surface area (Å²) in [4.78, 5) is 14.4. The Bertz CT molecular complexity index is 441. The molecule has 21 heavy (non-hydrogen) atoms. The highest BCUT2D eigenvalue weighted by atomic mass is 16.5. The Morgan fingerprint density at radius 1 is 1.38 bits per heavy atom. The molecule has 0 aliphatic carbocycles. The third kappa shape index (κ3) is 4.46. The van der Waals surface area contributed by atoms with Crippen LogP contribution in [0.25, 0.3) is 0 Å². The molecule has 4 nitrogen and oxygen atoms in total. The number of para-hydroxylation sites is 1. The Morgan fingerprint density at radius 3 is 2.81 bits per heavy atom. The number of hydrogen-bond donors (Lipinski definition) is 1. The van der Waals surface area contributed by atoms with E-state index in [0.29, 0.717) is 6.61 Å². The molecule has 1 N–H and O–H groups in total. The molecule has 1 unspecified atom stereocenters. The first kappa shape index (κ1) is 15.8. The molecule has 0 bridgehead atoms. The van der Waals surface area contributed by atoms with E-state index in [0.717, 1.165) is 44.6 Å². The lowest BCUT2D eigenvalue weighted by atomic mass is 9.81. The summed E-state index contributed by atoms with van der Waals surface area (Å²) in [5.41, 5.74) is -0.243. The number of amides is 1. The predicted molar refractivity (Wildman–Crippen MR) is 84.4 cm³/mol. The third-order valence-electron chi connectivity index (χ3n) is 4.11. The van der Waals surface area contributed by atoms with Crippen LogP contribution in [0.15, 0.2) is 30.3 Å². The second kappa shape index (κ2) is 7.46. The minimum Gasteiger partial charge on any atom is -0.494 e. The Labute approximate surface area is 127 Å². The summed E-state index contributed by atoms with van der Waals surface area (Å²) in [6, 6.07) is 9.79. The van der Waals surface area contributed by atoms with Gasteiger partial charge in [0.25, 0.3) is 0 Å². The molecular formula is C17H26N2O2. The normalized spacial score (nSPS) is 21.8. The van der Waals surface area contributed by atoms with E-state index in [9.17, 15) is 4.79 Å². The number of nitrogens with one attached hydrogen (secondary N) is 1. The molecule has 1 aromatic carbocycles. The average molecular weight is 290 g/mol. The summed E-state index contributed by atoms with van der Waals surface area (Å²) in [5.74, 6) is 1.13. The fourth-order valence-corrected chi connectivity index (χ4v) is 2.81. The largest absolute Gasteiger partial charge is 0.494 e. The predicted octanol–water partition coefficient (Wildman–Crippen LogP) is 2.30. The highest BCUT2D eigenvalue weighted by Crippen LogP contribution is 2.27. The smallest absolute Gasteiger partial charge is 0.229 e. The summed E-state index contributed by atoms with van der Waals surface area (Å²) >= 11 is 0. The van der Waals surface area contributed by atoms with E-state index in [1.807, 2.05) is 42.3 Å². The van der Waals surface area contributed by atoms with Crippen LogP contribution in [-0.2, 0) is 4.79 Å². The van der Waals surface area contributed by atoms with E-state index in [2.05, 4.69) is 12.2 Å². The van der Waals surface area contributed by atoms with Crippen LogP contribution >= 0.6 is 0 Å². The van der Waals surface area contributed by atoms with E-state index in [1.165, 1.54) is 0 Å². The van der Waals surface area contributed by atoms with Crippen LogP contribution in [0.3, 0.4) is 0 Å². The van der Waals surface area contributed by atoms with Crippen molar-refractivity contribution in [2.45, 2.75) is 26.2 Å². The zero-order valence-electron chi connectivity index (χ0n) is 13.1. The monoisotopic (exact) mass is 290 g/mol. The molecule has 0 aromatic heterocycles. The van der Waals surface area contributed by atoms with Gasteiger partial charge < -0.3 is 15.0 Å². The van der Waals surface area contributed by atoms with Crippen LogP contribution in [0.1, 0.15) is 26.2 Å². The zero-order valence-corrected chi connectivity index (χ0v) is 13.1. The van der Waals surface area contributed by atoms with Crippen LogP contribution in [-0.4, -0.2) is 44.1 Å². The SMILES string of the molecule is CN(CCCOc1ccccc1)C(=O)C1(C)CCCNC1. The number of hydrogen-bond acceptors (Lipinski definition) is 3. The number of rotatable bonds is 6. The summed E-state index contributed by atoms with van der Waals surface area (Å²) in [6.45, 7) is 5.25. The fourth-order valence-electron chi connectivity index (χ4n) is 2.81. The Kier molecular flexibility index (Phi) is 5.62. The molecule has 0 spiro atoms. The fraction of sp³-hybridized carbons (Fsp3) is 0.588. The van der Waals surface area contributed by atoms with Crippen LogP contribution in [0.2, 0.25) is 0 Å². The van der Waals surface area contributed by atoms with E-state index in [-0.39, 0.29) is 11.3 Å². The number of ether oxygens (including phenoxy) is 1. The van der Waals surface area contributed by atoms with Gasteiger partial charge in [0.2, 0.25) is 5.91 Å². The second-order valence-electron chi connectivity index (χ2n) is 6.08. The number of piperidine rings is 1. The van der Waals surface area contributed by atoms with Gasteiger partial charge in [-0.15, -0.1) is 0 Å². The number of carbonyl (C=O) groups excluding carboxylic acids is 1. The Morgan fingerprint density at radius 2 is 2.14 bits per heavy atom. The molecule has 116 valence electrons. The molecule has 1 aliphatic rings. The van der Waals surface area contributed by atoms with Crippen molar-refractivity contribution in [3.63, 3.8) is 0 Å². The van der Waals surface area contributed by atoms with Crippen molar-refractivity contribution in [3.8, 4) is 5.75 Å². The van der Waals surface area contributed by atoms with Crippen molar-refractivity contribution >= 4 is 5.91 Å². The molecule has 0 saturated carbocycles. The summed E-state index contributed by atoms with van der Waals surface area (Å²) in [7, 11) is 1.89. The molecule has 1 amide bonds. The highest BCUT2D eigenvalue weighted by molar-refractivity contribution is 5.82. The topological polar surface area (TPSA) is 41.6 Å². The lowest BCUT2D eigenvalue weighted by molar-refractivity contribution is -0.140. The maximum absolute atomic E-state index is 12.5. The summed E-state index contributed by atoms with van der Waals surface area (Å²) in [5, 5.41) is 3.33. The van der Waals surface area contributed by atoms with Gasteiger partial charge in [-0.3, -0.25) is 4.79 Å². The summed E-state index contributed by atoms with van der Waals surface area (Å²) in [6.07, 6.45) is 2.90. The zero-order chi connectivity index (χ0) is 15.1. The molecular weight excluding hydrogens is 264 g/mol. The quantitative estimate of drug-likeness (QED) is 0.817. The van der Waals surface area contributed by atoms with Crippen molar-refractivity contribution < 1.29 is 9.53 Å². The van der Waals surface area contributed by atoms with Gasteiger partial charge in [-0.25, -0.2) is 0 Å². The minimum absolute atomic E-state index is 0.243. The summed E-state index contributed by atoms with van der Waals surface area (Å²) < 4.78 is 5.66. The van der Waals surface area contributed by atoms with Gasteiger partial charge in [0.05, 0.1) is 12.0 Å². The maximum Gasteiger partial charge on any atom is 0.229 e. The lowest BCUT2D eigenvalue weighted by Crippen LogP contribution is -2.49. The maximum atomic E-state index is 12.5. The molecule has 0 radical (unpaired) electrons. The first-order valence-corrected chi connectivity index (χ1v) is 7.76. The van der Waals surface area contributed by atoms with Crippen molar-refractivity contribution in [1.29, 1.82) is 0 Å². The van der Waals surface area contributed by atoms with Crippen LogP contribution in [0.5, 0.6) is 5.75 Å². The van der Waals surface area contributed by atoms with Gasteiger partial charge in [-0.05, 0) is 44.9 Å². The molecule has 1 fully saturated rings. The van der Waals surface area contributed by atoms with E-state index in [1.54, 1.807) is 0 Å². The lowest BCUT2D eigenvalue weighted by Gasteiger charge is -2.36. The molecule has 1 atom stereocenters. The van der Waals surface area contributed by atoms with E-state index >= 15 is 0 Å². The van der Waals surface area contributed by atoms with E-state index in [4.69, 9.17) is 4.74 Å². The Hall–Kier alpha value is -1.55. The molecule has 1 heterocycles. The molecule has 4 heteroatoms. The third-order valence-corrected chi connectivity index (χ3v) is 4.11. The highest BCUT2D eigenvalue weighted by Gasteiger charge is 2.36. The van der Waals surface area contributed by atoms with Crippen molar-refractivity contribution in [2.24, 2.45) is 5.41 Å². The van der Waals surface area contributed by atoms with Crippen molar-refractivity contribution in [2.75, 3.05) is 33.3 Å². The van der Waals surface area contributed by atoms with Crippen molar-refractivity contribution in [3.05, 3.63) is 30.3 Å². The first-order chi connectivity index (χ1) is 10.1. The van der Waals surface area contributed by atoms with E-state index < -0.39 is 0 Å². The van der Waals surface area contributed by atoms with Crippen LogP contribution < -0.4 is 10.1 Å². The standard InChI is InChI=1S/C17H26N2O2/c1-17(10-6-11-18-14-17)16(20)19(2)12-7-13-21-15-8-4-3-5-9-15/h3-5,8-9,18H,6-7,10-14H2,1-2H3. The van der Waals surface area contributed by atoms with Crippen molar-refractivity contribution in [1.82, 2.24) is 10.2 Å². The molecule has 1 saturated heterocycles. The van der Waals surface area contributed by atoms with Gasteiger partial charge in [0.15, 0.2) is 0 Å². The molecule has 2 rings (SSSR count). The molecule has 1 aromatic rings. The first-order valence-electron chi connectivity index (χ1n) is 7.76. The minimum atomic E-state index is -0.243.